The maximum atomic E-state index is 11.3. The minimum absolute atomic E-state index is 0.137. The van der Waals surface area contributed by atoms with E-state index in [-0.39, 0.29) is 10.8 Å². The molecule has 0 aromatic heterocycles. The first kappa shape index (κ1) is 11.7. The molecule has 0 saturated carbocycles. The molecule has 0 spiro atoms. The molecule has 2 N–H and O–H groups in total. The Balaban J connectivity index is 3.06. The predicted molar refractivity (Wildman–Crippen MR) is 56.1 cm³/mol. The van der Waals surface area contributed by atoms with E-state index < -0.39 is 10.0 Å². The lowest BCUT2D eigenvalue weighted by atomic mass is 10.2. The summed E-state index contributed by atoms with van der Waals surface area (Å²) in [5, 5.41) is 2.45. The Kier molecular flexibility index (Phi) is 3.43. The molecule has 6 heteroatoms. The van der Waals surface area contributed by atoms with Crippen LogP contribution in [0.3, 0.4) is 0 Å². The Bertz CT molecular complexity index is 451. The molecular formula is C9H12N2O3S. The number of hydrogen-bond acceptors (Lipinski definition) is 3. The van der Waals surface area contributed by atoms with Gasteiger partial charge in [-0.3, -0.25) is 4.79 Å². The summed E-state index contributed by atoms with van der Waals surface area (Å²) in [5.41, 5.74) is 0.424. The molecular weight excluding hydrogens is 216 g/mol. The monoisotopic (exact) mass is 228 g/mol. The number of nitrogens with one attached hydrogen (secondary N) is 2. The van der Waals surface area contributed by atoms with Crippen LogP contribution in [0.1, 0.15) is 10.4 Å². The van der Waals surface area contributed by atoms with E-state index in [2.05, 4.69) is 10.0 Å². The van der Waals surface area contributed by atoms with Gasteiger partial charge in [-0.1, -0.05) is 0 Å². The van der Waals surface area contributed by atoms with Gasteiger partial charge in [-0.05, 0) is 31.3 Å². The minimum atomic E-state index is -3.43. The van der Waals surface area contributed by atoms with Crippen LogP contribution in [0.2, 0.25) is 0 Å². The van der Waals surface area contributed by atoms with Crippen molar-refractivity contribution >= 4 is 15.9 Å². The van der Waals surface area contributed by atoms with Crippen molar-refractivity contribution in [3.05, 3.63) is 29.8 Å². The van der Waals surface area contributed by atoms with Gasteiger partial charge in [0.2, 0.25) is 10.0 Å². The van der Waals surface area contributed by atoms with Gasteiger partial charge in [0, 0.05) is 12.6 Å². The van der Waals surface area contributed by atoms with Crippen molar-refractivity contribution in [1.82, 2.24) is 10.0 Å². The van der Waals surface area contributed by atoms with Gasteiger partial charge in [-0.2, -0.15) is 0 Å². The van der Waals surface area contributed by atoms with Crippen molar-refractivity contribution in [1.29, 1.82) is 0 Å². The molecule has 82 valence electrons. The Hall–Kier alpha value is -1.40. The SMILES string of the molecule is CNC(=O)c1ccc(S(=O)(=O)NC)cc1. The van der Waals surface area contributed by atoms with Crippen LogP contribution < -0.4 is 10.0 Å². The molecule has 0 aliphatic heterocycles. The Labute approximate surface area is 88.5 Å². The lowest BCUT2D eigenvalue weighted by Crippen LogP contribution is -2.20. The zero-order valence-corrected chi connectivity index (χ0v) is 9.26. The third-order valence-electron chi connectivity index (χ3n) is 1.92. The predicted octanol–water partition coefficient (Wildman–Crippen LogP) is -0.0457. The molecule has 1 aromatic carbocycles. The van der Waals surface area contributed by atoms with Gasteiger partial charge in [0.15, 0.2) is 0 Å². The molecule has 5 nitrogen and oxygen atoms in total. The van der Waals surface area contributed by atoms with Crippen LogP contribution in [0.4, 0.5) is 0 Å². The van der Waals surface area contributed by atoms with Crippen LogP contribution >= 0.6 is 0 Å². The molecule has 0 atom stereocenters. The van der Waals surface area contributed by atoms with Crippen LogP contribution in [0.15, 0.2) is 29.2 Å². The Morgan fingerprint density at radius 1 is 1.13 bits per heavy atom. The largest absolute Gasteiger partial charge is 0.355 e. The van der Waals surface area contributed by atoms with E-state index in [4.69, 9.17) is 0 Å². The molecule has 1 rings (SSSR count). The van der Waals surface area contributed by atoms with Crippen LogP contribution in [0, 0.1) is 0 Å². The highest BCUT2D eigenvalue weighted by Gasteiger charge is 2.11. The number of benzene rings is 1. The second-order valence-electron chi connectivity index (χ2n) is 2.81. The van der Waals surface area contributed by atoms with Crippen LogP contribution in [-0.4, -0.2) is 28.4 Å². The van der Waals surface area contributed by atoms with Crippen molar-refractivity contribution < 1.29 is 13.2 Å². The molecule has 0 radical (unpaired) electrons. The van der Waals surface area contributed by atoms with Gasteiger partial charge in [0.25, 0.3) is 5.91 Å². The fourth-order valence-electron chi connectivity index (χ4n) is 1.05. The van der Waals surface area contributed by atoms with Gasteiger partial charge in [-0.25, -0.2) is 13.1 Å². The summed E-state index contributed by atoms with van der Waals surface area (Å²) in [6.07, 6.45) is 0. The number of carbonyl (C=O) groups excluding carboxylic acids is 1. The molecule has 1 aromatic rings. The van der Waals surface area contributed by atoms with Crippen LogP contribution in [0.25, 0.3) is 0 Å². The minimum Gasteiger partial charge on any atom is -0.355 e. The fourth-order valence-corrected chi connectivity index (χ4v) is 1.78. The summed E-state index contributed by atoms with van der Waals surface area (Å²) in [7, 11) is -0.579. The topological polar surface area (TPSA) is 75.3 Å². The summed E-state index contributed by atoms with van der Waals surface area (Å²) in [5.74, 6) is -0.247. The average molecular weight is 228 g/mol. The van der Waals surface area contributed by atoms with Gasteiger partial charge < -0.3 is 5.32 Å². The first-order chi connectivity index (χ1) is 7.01. The lowest BCUT2D eigenvalue weighted by molar-refractivity contribution is 0.0963. The average Bonchev–Trinajstić information content (AvgIpc) is 2.28. The zero-order valence-electron chi connectivity index (χ0n) is 8.44. The fraction of sp³-hybridized carbons (Fsp3) is 0.222. The Morgan fingerprint density at radius 2 is 1.67 bits per heavy atom. The van der Waals surface area contributed by atoms with Gasteiger partial charge >= 0.3 is 0 Å². The highest BCUT2D eigenvalue weighted by molar-refractivity contribution is 7.89. The first-order valence-corrected chi connectivity index (χ1v) is 5.75. The molecule has 0 saturated heterocycles. The van der Waals surface area contributed by atoms with E-state index in [1.54, 1.807) is 0 Å². The van der Waals surface area contributed by atoms with Crippen molar-refractivity contribution in [2.75, 3.05) is 14.1 Å². The van der Waals surface area contributed by atoms with Crippen molar-refractivity contribution in [3.63, 3.8) is 0 Å². The van der Waals surface area contributed by atoms with Crippen molar-refractivity contribution in [2.24, 2.45) is 0 Å². The number of amides is 1. The second kappa shape index (κ2) is 4.41. The molecule has 0 aliphatic rings. The quantitative estimate of drug-likeness (QED) is 0.762. The highest BCUT2D eigenvalue weighted by Crippen LogP contribution is 2.09. The summed E-state index contributed by atoms with van der Waals surface area (Å²) in [6.45, 7) is 0. The van der Waals surface area contributed by atoms with Crippen LogP contribution in [0.5, 0.6) is 0 Å². The smallest absolute Gasteiger partial charge is 0.251 e. The number of hydrogen-bond donors (Lipinski definition) is 2. The number of rotatable bonds is 3. The highest BCUT2D eigenvalue weighted by atomic mass is 32.2. The van der Waals surface area contributed by atoms with E-state index in [9.17, 15) is 13.2 Å². The first-order valence-electron chi connectivity index (χ1n) is 4.27. The normalized spacial score (nSPS) is 11.1. The van der Waals surface area contributed by atoms with E-state index in [0.717, 1.165) is 0 Å². The number of sulfonamides is 1. The molecule has 15 heavy (non-hydrogen) atoms. The molecule has 0 fully saturated rings. The third kappa shape index (κ3) is 2.54. The lowest BCUT2D eigenvalue weighted by Gasteiger charge is -2.03. The number of carbonyl (C=O) groups is 1. The summed E-state index contributed by atoms with van der Waals surface area (Å²) in [4.78, 5) is 11.3. The summed E-state index contributed by atoms with van der Waals surface area (Å²) in [6, 6.07) is 5.69. The van der Waals surface area contributed by atoms with Crippen molar-refractivity contribution in [3.8, 4) is 0 Å². The molecule has 0 heterocycles. The molecule has 0 unspecified atom stereocenters. The van der Waals surface area contributed by atoms with Gasteiger partial charge in [0.1, 0.15) is 0 Å². The van der Waals surface area contributed by atoms with E-state index >= 15 is 0 Å². The summed E-state index contributed by atoms with van der Waals surface area (Å²) >= 11 is 0. The molecule has 1 amide bonds. The Morgan fingerprint density at radius 3 is 2.07 bits per heavy atom. The van der Waals surface area contributed by atoms with E-state index in [1.165, 1.54) is 38.4 Å². The molecule has 0 bridgehead atoms. The maximum absolute atomic E-state index is 11.3. The third-order valence-corrected chi connectivity index (χ3v) is 3.35. The van der Waals surface area contributed by atoms with Crippen LogP contribution in [-0.2, 0) is 10.0 Å². The van der Waals surface area contributed by atoms with E-state index in [1.807, 2.05) is 0 Å². The second-order valence-corrected chi connectivity index (χ2v) is 4.70. The zero-order chi connectivity index (χ0) is 11.5. The maximum Gasteiger partial charge on any atom is 0.251 e. The van der Waals surface area contributed by atoms with Gasteiger partial charge in [-0.15, -0.1) is 0 Å². The van der Waals surface area contributed by atoms with E-state index in [0.29, 0.717) is 5.56 Å². The van der Waals surface area contributed by atoms with Crippen molar-refractivity contribution in [2.45, 2.75) is 4.90 Å². The standard InChI is InChI=1S/C9H12N2O3S/c1-10-9(12)7-3-5-8(6-4-7)15(13,14)11-2/h3-6,11H,1-2H3,(H,10,12). The molecule has 0 aliphatic carbocycles. The summed E-state index contributed by atoms with van der Waals surface area (Å²) < 4.78 is 24.9. The van der Waals surface area contributed by atoms with Gasteiger partial charge in [0.05, 0.1) is 4.90 Å².